The Labute approximate surface area is 113 Å². The third-order valence-electron chi connectivity index (χ3n) is 2.14. The van der Waals surface area contributed by atoms with Crippen LogP contribution in [0.1, 0.15) is 18.1 Å². The molecule has 0 aliphatic carbocycles. The Morgan fingerprint density at radius 3 is 2.74 bits per heavy atom. The van der Waals surface area contributed by atoms with Gasteiger partial charge in [0.15, 0.2) is 5.75 Å². The number of hydrogen-bond donors (Lipinski definition) is 0. The fraction of sp³-hybridized carbons (Fsp3) is 0.333. The molecule has 4 nitrogen and oxygen atoms in total. The summed E-state index contributed by atoms with van der Waals surface area (Å²) < 4.78 is 33.4. The highest BCUT2D eigenvalue weighted by Crippen LogP contribution is 2.33. The van der Waals surface area contributed by atoms with Crippen molar-refractivity contribution in [3.63, 3.8) is 0 Å². The van der Waals surface area contributed by atoms with Gasteiger partial charge in [0.2, 0.25) is 0 Å². The van der Waals surface area contributed by atoms with E-state index in [1.54, 1.807) is 13.0 Å². The van der Waals surface area contributed by atoms with Crippen LogP contribution in [0.2, 0.25) is 5.02 Å². The van der Waals surface area contributed by atoms with Crippen molar-refractivity contribution < 1.29 is 23.0 Å². The van der Waals surface area contributed by atoms with Gasteiger partial charge in [-0.15, -0.1) is 0 Å². The minimum atomic E-state index is -3.11. The van der Waals surface area contributed by atoms with Crippen LogP contribution in [0.25, 0.3) is 0 Å². The molecule has 0 unspecified atom stereocenters. The number of nitrogens with zero attached hydrogens (tertiary/aromatic N) is 1. The second-order valence-corrected chi connectivity index (χ2v) is 3.77. The molecule has 1 aromatic carbocycles. The van der Waals surface area contributed by atoms with Gasteiger partial charge in [-0.25, -0.2) is 0 Å². The van der Waals surface area contributed by atoms with Gasteiger partial charge in [0.1, 0.15) is 6.07 Å². The quantitative estimate of drug-likeness (QED) is 0.782. The number of hydrogen-bond acceptors (Lipinski definition) is 4. The van der Waals surface area contributed by atoms with E-state index in [0.717, 1.165) is 0 Å². The van der Waals surface area contributed by atoms with Crippen molar-refractivity contribution >= 4 is 17.6 Å². The van der Waals surface area contributed by atoms with Crippen LogP contribution in [0.3, 0.4) is 0 Å². The maximum absolute atomic E-state index is 12.2. The Hall–Kier alpha value is -1.87. The third kappa shape index (κ3) is 4.07. The fourth-order valence-corrected chi connectivity index (χ4v) is 1.67. The van der Waals surface area contributed by atoms with Crippen molar-refractivity contribution in [2.45, 2.75) is 20.0 Å². The van der Waals surface area contributed by atoms with E-state index >= 15 is 0 Å². The van der Waals surface area contributed by atoms with Gasteiger partial charge in [-0.1, -0.05) is 17.7 Å². The van der Waals surface area contributed by atoms with E-state index in [9.17, 15) is 13.6 Å². The van der Waals surface area contributed by atoms with Crippen LogP contribution in [-0.2, 0) is 16.0 Å². The SMILES string of the molecule is CCOC(=O)Cc1ccc(C#N)c(OC(F)F)c1Cl. The van der Waals surface area contributed by atoms with Crippen LogP contribution in [-0.4, -0.2) is 19.2 Å². The second-order valence-electron chi connectivity index (χ2n) is 3.39. The molecule has 0 amide bonds. The normalized spacial score (nSPS) is 10.1. The van der Waals surface area contributed by atoms with Crippen LogP contribution < -0.4 is 4.74 Å². The molecule has 7 heteroatoms. The monoisotopic (exact) mass is 289 g/mol. The van der Waals surface area contributed by atoms with E-state index in [-0.39, 0.29) is 29.2 Å². The molecule has 0 aliphatic rings. The van der Waals surface area contributed by atoms with E-state index in [4.69, 9.17) is 21.6 Å². The summed E-state index contributed by atoms with van der Waals surface area (Å²) in [5.74, 6) is -0.974. The lowest BCUT2D eigenvalue weighted by Gasteiger charge is -2.11. The number of rotatable bonds is 5. The molecule has 102 valence electrons. The Morgan fingerprint density at radius 1 is 1.53 bits per heavy atom. The van der Waals surface area contributed by atoms with E-state index < -0.39 is 18.3 Å². The number of esters is 1. The first-order valence-electron chi connectivity index (χ1n) is 5.31. The van der Waals surface area contributed by atoms with Gasteiger partial charge in [-0.05, 0) is 18.6 Å². The molecule has 1 aromatic rings. The Morgan fingerprint density at radius 2 is 2.21 bits per heavy atom. The molecule has 0 radical (unpaired) electrons. The number of halogens is 3. The van der Waals surface area contributed by atoms with Crippen LogP contribution in [0.4, 0.5) is 8.78 Å². The number of alkyl halides is 2. The van der Waals surface area contributed by atoms with Gasteiger partial charge in [-0.2, -0.15) is 14.0 Å². The summed E-state index contributed by atoms with van der Waals surface area (Å²) in [4.78, 5) is 11.3. The van der Waals surface area contributed by atoms with E-state index in [1.807, 2.05) is 0 Å². The molecule has 0 saturated carbocycles. The van der Waals surface area contributed by atoms with Crippen molar-refractivity contribution in [2.75, 3.05) is 6.61 Å². The summed E-state index contributed by atoms with van der Waals surface area (Å²) in [6, 6.07) is 4.35. The molecule has 0 aliphatic heterocycles. The standard InChI is InChI=1S/C12H10ClF2NO3/c1-2-18-9(17)5-7-3-4-8(6-16)11(10(7)13)19-12(14)15/h3-4,12H,2,5H2,1H3. The van der Waals surface area contributed by atoms with Crippen LogP contribution in [0, 0.1) is 11.3 Å². The average molecular weight is 290 g/mol. The molecule has 0 N–H and O–H groups in total. The third-order valence-corrected chi connectivity index (χ3v) is 2.56. The number of nitriles is 1. The first-order valence-corrected chi connectivity index (χ1v) is 5.69. The summed E-state index contributed by atoms with van der Waals surface area (Å²) in [7, 11) is 0. The molecule has 19 heavy (non-hydrogen) atoms. The lowest BCUT2D eigenvalue weighted by molar-refractivity contribution is -0.142. The van der Waals surface area contributed by atoms with Crippen LogP contribution in [0.5, 0.6) is 5.75 Å². The first kappa shape index (κ1) is 15.2. The number of carbonyl (C=O) groups is 1. The topological polar surface area (TPSA) is 59.3 Å². The molecule has 0 atom stereocenters. The maximum atomic E-state index is 12.2. The zero-order valence-electron chi connectivity index (χ0n) is 9.95. The zero-order valence-corrected chi connectivity index (χ0v) is 10.7. The smallest absolute Gasteiger partial charge is 0.387 e. The molecule has 0 saturated heterocycles. The summed E-state index contributed by atoms with van der Waals surface area (Å²) in [5.41, 5.74) is 0.132. The highest BCUT2D eigenvalue weighted by atomic mass is 35.5. The Bertz CT molecular complexity index is 514. The van der Waals surface area contributed by atoms with Gasteiger partial charge in [0.25, 0.3) is 0 Å². The number of carbonyl (C=O) groups excluding carboxylic acids is 1. The highest BCUT2D eigenvalue weighted by molar-refractivity contribution is 6.33. The Balaban J connectivity index is 3.09. The van der Waals surface area contributed by atoms with Crippen LogP contribution in [0.15, 0.2) is 12.1 Å². The number of benzene rings is 1. The van der Waals surface area contributed by atoms with Crippen molar-refractivity contribution in [1.82, 2.24) is 0 Å². The molecular weight excluding hydrogens is 280 g/mol. The minimum Gasteiger partial charge on any atom is -0.466 e. The second kappa shape index (κ2) is 6.90. The lowest BCUT2D eigenvalue weighted by Crippen LogP contribution is -2.10. The average Bonchev–Trinajstić information content (AvgIpc) is 2.34. The Kier molecular flexibility index (Phi) is 5.52. The van der Waals surface area contributed by atoms with Crippen molar-refractivity contribution in [2.24, 2.45) is 0 Å². The molecular formula is C12H10ClF2NO3. The lowest BCUT2D eigenvalue weighted by atomic mass is 10.1. The molecule has 0 heterocycles. The molecule has 0 spiro atoms. The van der Waals surface area contributed by atoms with Crippen LogP contribution >= 0.6 is 11.6 Å². The van der Waals surface area contributed by atoms with Gasteiger partial charge in [-0.3, -0.25) is 4.79 Å². The van der Waals surface area contributed by atoms with E-state index in [1.165, 1.54) is 12.1 Å². The maximum Gasteiger partial charge on any atom is 0.387 e. The zero-order chi connectivity index (χ0) is 14.4. The highest BCUT2D eigenvalue weighted by Gasteiger charge is 2.18. The van der Waals surface area contributed by atoms with Crippen molar-refractivity contribution in [3.8, 4) is 11.8 Å². The van der Waals surface area contributed by atoms with Gasteiger partial charge < -0.3 is 9.47 Å². The van der Waals surface area contributed by atoms with Gasteiger partial charge in [0, 0.05) is 0 Å². The van der Waals surface area contributed by atoms with E-state index in [2.05, 4.69) is 4.74 Å². The largest absolute Gasteiger partial charge is 0.466 e. The molecule has 0 bridgehead atoms. The van der Waals surface area contributed by atoms with Gasteiger partial charge in [0.05, 0.1) is 23.6 Å². The molecule has 0 aromatic heterocycles. The van der Waals surface area contributed by atoms with Crippen molar-refractivity contribution in [1.29, 1.82) is 5.26 Å². The predicted octanol–water partition coefficient (Wildman–Crippen LogP) is 2.92. The summed E-state index contributed by atoms with van der Waals surface area (Å²) in [6.45, 7) is -1.26. The minimum absolute atomic E-state index is 0.127. The summed E-state index contributed by atoms with van der Waals surface area (Å²) >= 11 is 5.86. The molecule has 1 rings (SSSR count). The predicted molar refractivity (Wildman–Crippen MR) is 63.1 cm³/mol. The first-order chi connectivity index (χ1) is 8.99. The van der Waals surface area contributed by atoms with E-state index in [0.29, 0.717) is 0 Å². The van der Waals surface area contributed by atoms with Gasteiger partial charge >= 0.3 is 12.6 Å². The molecule has 0 fully saturated rings. The van der Waals surface area contributed by atoms with Crippen molar-refractivity contribution in [3.05, 3.63) is 28.3 Å². The summed E-state index contributed by atoms with van der Waals surface area (Å²) in [5, 5.41) is 8.60. The summed E-state index contributed by atoms with van der Waals surface area (Å²) in [6.07, 6.45) is -0.183. The number of ether oxygens (including phenoxy) is 2. The fourth-order valence-electron chi connectivity index (χ4n) is 1.39.